The lowest BCUT2D eigenvalue weighted by Crippen LogP contribution is -2.72. The summed E-state index contributed by atoms with van der Waals surface area (Å²) >= 11 is 0. The predicted molar refractivity (Wildman–Crippen MR) is 103 cm³/mol. The molecule has 2 aromatic rings. The Morgan fingerprint density at radius 2 is 1.71 bits per heavy atom. The van der Waals surface area contributed by atoms with Crippen LogP contribution in [0.25, 0.3) is 0 Å². The van der Waals surface area contributed by atoms with Gasteiger partial charge in [0.15, 0.2) is 0 Å². The summed E-state index contributed by atoms with van der Waals surface area (Å²) in [7, 11) is 1.39. The summed E-state index contributed by atoms with van der Waals surface area (Å²) < 4.78 is 4.99. The van der Waals surface area contributed by atoms with E-state index in [4.69, 9.17) is 9.57 Å². The maximum atomic E-state index is 13.1. The Bertz CT molecular complexity index is 842. The van der Waals surface area contributed by atoms with E-state index in [0.29, 0.717) is 32.5 Å². The number of carbonyl (C=O) groups is 2. The number of β-lactam (4-membered cyclic amide) rings is 1. The van der Waals surface area contributed by atoms with Crippen LogP contribution in [0.15, 0.2) is 60.7 Å². The lowest BCUT2D eigenvalue weighted by molar-refractivity contribution is -0.244. The van der Waals surface area contributed by atoms with Crippen molar-refractivity contribution in [1.29, 1.82) is 0 Å². The molecule has 0 radical (unpaired) electrons. The first-order valence-corrected chi connectivity index (χ1v) is 9.51. The van der Waals surface area contributed by atoms with Crippen LogP contribution < -0.4 is 0 Å². The van der Waals surface area contributed by atoms with E-state index in [9.17, 15) is 9.59 Å². The number of hydrogen-bond acceptors (Lipinski definition) is 5. The summed E-state index contributed by atoms with van der Waals surface area (Å²) in [5.41, 5.74) is 1.39. The zero-order valence-corrected chi connectivity index (χ0v) is 15.9. The molecule has 2 aliphatic rings. The minimum absolute atomic E-state index is 0.0780. The number of esters is 1. The summed E-state index contributed by atoms with van der Waals surface area (Å²) in [6.45, 7) is 1.33. The molecule has 2 unspecified atom stereocenters. The zero-order chi connectivity index (χ0) is 19.6. The fourth-order valence-corrected chi connectivity index (χ4v) is 4.14. The van der Waals surface area contributed by atoms with Gasteiger partial charge >= 0.3 is 5.97 Å². The van der Waals surface area contributed by atoms with Crippen LogP contribution in [0.3, 0.4) is 0 Å². The van der Waals surface area contributed by atoms with E-state index in [0.717, 1.165) is 11.1 Å². The monoisotopic (exact) mass is 380 g/mol. The van der Waals surface area contributed by atoms with Gasteiger partial charge in [0.25, 0.3) is 5.91 Å². The molecule has 2 saturated heterocycles. The average molecular weight is 380 g/mol. The van der Waals surface area contributed by atoms with E-state index in [1.54, 1.807) is 0 Å². The predicted octanol–water partition coefficient (Wildman–Crippen LogP) is 2.54. The van der Waals surface area contributed by atoms with Crippen molar-refractivity contribution in [3.8, 4) is 0 Å². The smallest absolute Gasteiger partial charge is 0.323 e. The molecular formula is C22H24N2O4. The van der Waals surface area contributed by atoms with Crippen molar-refractivity contribution < 1.29 is 19.2 Å². The maximum absolute atomic E-state index is 13.1. The Balaban J connectivity index is 1.49. The normalized spacial score (nSPS) is 24.4. The number of rotatable bonds is 6. The molecule has 2 atom stereocenters. The molecule has 2 aromatic carbocycles. The minimum atomic E-state index is -0.689. The van der Waals surface area contributed by atoms with Crippen LogP contribution in [0.2, 0.25) is 0 Å². The van der Waals surface area contributed by atoms with Crippen molar-refractivity contribution in [2.45, 2.75) is 37.6 Å². The molecule has 2 fully saturated rings. The largest absolute Gasteiger partial charge is 0.468 e. The van der Waals surface area contributed by atoms with Crippen LogP contribution in [0.5, 0.6) is 0 Å². The summed E-state index contributed by atoms with van der Waals surface area (Å²) in [6, 6.07) is 19.2. The SMILES string of the molecule is COC(=O)C1CCC2(CN(OCc3ccccc3)C2=O)N1Cc1ccccc1. The van der Waals surface area contributed by atoms with E-state index < -0.39 is 11.6 Å². The third-order valence-corrected chi connectivity index (χ3v) is 5.69. The molecule has 6 nitrogen and oxygen atoms in total. The van der Waals surface area contributed by atoms with Crippen molar-refractivity contribution >= 4 is 11.9 Å². The summed E-state index contributed by atoms with van der Waals surface area (Å²) in [5.74, 6) is -0.366. The number of carbonyl (C=O) groups excluding carboxylic acids is 2. The van der Waals surface area contributed by atoms with Crippen molar-refractivity contribution in [1.82, 2.24) is 9.96 Å². The van der Waals surface area contributed by atoms with Crippen molar-refractivity contribution in [3.63, 3.8) is 0 Å². The molecule has 2 aliphatic heterocycles. The van der Waals surface area contributed by atoms with Crippen LogP contribution in [-0.4, -0.2) is 47.1 Å². The molecule has 0 N–H and O–H groups in total. The number of hydrogen-bond donors (Lipinski definition) is 0. The number of amides is 1. The second-order valence-electron chi connectivity index (χ2n) is 7.32. The number of hydroxylamine groups is 2. The Morgan fingerprint density at radius 3 is 2.32 bits per heavy atom. The quantitative estimate of drug-likeness (QED) is 0.569. The molecule has 0 aliphatic carbocycles. The summed E-state index contributed by atoms with van der Waals surface area (Å²) in [5, 5.41) is 1.42. The molecule has 0 aromatic heterocycles. The Morgan fingerprint density at radius 1 is 1.07 bits per heavy atom. The van der Waals surface area contributed by atoms with E-state index in [1.165, 1.54) is 12.2 Å². The first kappa shape index (κ1) is 18.7. The third-order valence-electron chi connectivity index (χ3n) is 5.69. The zero-order valence-electron chi connectivity index (χ0n) is 15.9. The molecule has 1 spiro atoms. The Labute approximate surface area is 164 Å². The Hall–Kier alpha value is -2.70. The molecule has 4 rings (SSSR count). The van der Waals surface area contributed by atoms with Crippen LogP contribution in [-0.2, 0) is 32.3 Å². The van der Waals surface area contributed by atoms with Gasteiger partial charge in [-0.25, -0.2) is 5.06 Å². The van der Waals surface area contributed by atoms with Gasteiger partial charge in [0, 0.05) is 6.54 Å². The van der Waals surface area contributed by atoms with E-state index >= 15 is 0 Å². The number of nitrogens with zero attached hydrogens (tertiary/aromatic N) is 2. The summed E-state index contributed by atoms with van der Waals surface area (Å²) in [4.78, 5) is 33.1. The van der Waals surface area contributed by atoms with Gasteiger partial charge in [-0.15, -0.1) is 0 Å². The fourth-order valence-electron chi connectivity index (χ4n) is 4.14. The lowest BCUT2D eigenvalue weighted by atomic mass is 9.87. The van der Waals surface area contributed by atoms with Gasteiger partial charge in [-0.2, -0.15) is 0 Å². The van der Waals surface area contributed by atoms with E-state index in [-0.39, 0.29) is 11.9 Å². The van der Waals surface area contributed by atoms with Crippen molar-refractivity contribution in [2.75, 3.05) is 13.7 Å². The van der Waals surface area contributed by atoms with E-state index in [1.807, 2.05) is 65.6 Å². The number of methoxy groups -OCH3 is 1. The topological polar surface area (TPSA) is 59.1 Å². The highest BCUT2D eigenvalue weighted by molar-refractivity contribution is 5.93. The molecule has 6 heteroatoms. The highest BCUT2D eigenvalue weighted by Crippen LogP contribution is 2.43. The molecule has 28 heavy (non-hydrogen) atoms. The highest BCUT2D eigenvalue weighted by atomic mass is 16.7. The van der Waals surface area contributed by atoms with Crippen LogP contribution in [0.1, 0.15) is 24.0 Å². The second-order valence-corrected chi connectivity index (χ2v) is 7.32. The van der Waals surface area contributed by atoms with Gasteiger partial charge in [0.05, 0.1) is 13.7 Å². The first-order chi connectivity index (χ1) is 13.6. The van der Waals surface area contributed by atoms with Gasteiger partial charge in [-0.05, 0) is 24.0 Å². The molecule has 146 valence electrons. The lowest BCUT2D eigenvalue weighted by Gasteiger charge is -2.50. The van der Waals surface area contributed by atoms with Gasteiger partial charge in [-0.3, -0.25) is 19.3 Å². The van der Waals surface area contributed by atoms with Gasteiger partial charge in [0.1, 0.15) is 18.2 Å². The average Bonchev–Trinajstić information content (AvgIpc) is 3.12. The van der Waals surface area contributed by atoms with Crippen LogP contribution in [0, 0.1) is 0 Å². The standard InChI is InChI=1S/C22H24N2O4/c1-27-20(25)19-12-13-22(23(19)14-17-8-4-2-5-9-17)16-24(21(22)26)28-15-18-10-6-3-7-11-18/h2-11,19H,12-16H2,1H3. The molecule has 2 heterocycles. The maximum Gasteiger partial charge on any atom is 0.323 e. The van der Waals surface area contributed by atoms with Crippen molar-refractivity contribution in [3.05, 3.63) is 71.8 Å². The molecule has 0 saturated carbocycles. The van der Waals surface area contributed by atoms with Gasteiger partial charge in [0.2, 0.25) is 0 Å². The molecular weight excluding hydrogens is 356 g/mol. The third kappa shape index (κ3) is 3.30. The Kier molecular flexibility index (Phi) is 5.15. The van der Waals surface area contributed by atoms with Crippen LogP contribution in [0.4, 0.5) is 0 Å². The van der Waals surface area contributed by atoms with Crippen LogP contribution >= 0.6 is 0 Å². The molecule has 0 bridgehead atoms. The van der Waals surface area contributed by atoms with Gasteiger partial charge in [-0.1, -0.05) is 60.7 Å². The number of ether oxygens (including phenoxy) is 1. The highest BCUT2D eigenvalue weighted by Gasteiger charge is 2.63. The number of likely N-dealkylation sites (tertiary alicyclic amines) is 1. The second kappa shape index (κ2) is 7.73. The fraction of sp³-hybridized carbons (Fsp3) is 0.364. The first-order valence-electron chi connectivity index (χ1n) is 9.51. The minimum Gasteiger partial charge on any atom is -0.468 e. The number of benzene rings is 2. The molecule has 1 amide bonds. The summed E-state index contributed by atoms with van der Waals surface area (Å²) in [6.07, 6.45) is 1.24. The van der Waals surface area contributed by atoms with Gasteiger partial charge < -0.3 is 4.74 Å². The van der Waals surface area contributed by atoms with Crippen molar-refractivity contribution in [2.24, 2.45) is 0 Å². The van der Waals surface area contributed by atoms with E-state index in [2.05, 4.69) is 0 Å².